The van der Waals surface area contributed by atoms with Gasteiger partial charge in [0.15, 0.2) is 0 Å². The predicted molar refractivity (Wildman–Crippen MR) is 68.6 cm³/mol. The second-order valence-corrected chi connectivity index (χ2v) is 3.62. The van der Waals surface area contributed by atoms with E-state index >= 15 is 0 Å². The van der Waals surface area contributed by atoms with Crippen LogP contribution in [0, 0.1) is 0 Å². The van der Waals surface area contributed by atoms with Crippen molar-refractivity contribution in [2.45, 2.75) is 20.0 Å². The van der Waals surface area contributed by atoms with Gasteiger partial charge in [-0.1, -0.05) is 23.4 Å². The largest absolute Gasteiger partial charge is 0.491 e. The fourth-order valence-electron chi connectivity index (χ4n) is 1.21. The maximum atomic E-state index is 9.59. The summed E-state index contributed by atoms with van der Waals surface area (Å²) in [4.78, 5) is 4.93. The Kier molecular flexibility index (Phi) is 6.64. The van der Waals surface area contributed by atoms with E-state index in [1.807, 2.05) is 37.3 Å². The van der Waals surface area contributed by atoms with Crippen LogP contribution < -0.4 is 4.74 Å². The van der Waals surface area contributed by atoms with Crippen molar-refractivity contribution < 1.29 is 19.4 Å². The maximum absolute atomic E-state index is 9.59. The first-order valence-electron chi connectivity index (χ1n) is 5.87. The molecule has 0 fully saturated rings. The summed E-state index contributed by atoms with van der Waals surface area (Å²) in [6.07, 6.45) is -0.733. The highest BCUT2D eigenvalue weighted by Crippen LogP contribution is 2.08. The van der Waals surface area contributed by atoms with Gasteiger partial charge in [-0.15, -0.1) is 0 Å². The van der Waals surface area contributed by atoms with Gasteiger partial charge in [-0.05, 0) is 19.1 Å². The number of hydrogen-bond acceptors (Lipinski definition) is 5. The summed E-state index contributed by atoms with van der Waals surface area (Å²) < 4.78 is 10.4. The van der Waals surface area contributed by atoms with Crippen LogP contribution in [0.1, 0.15) is 13.8 Å². The number of aliphatic hydroxyl groups is 1. The van der Waals surface area contributed by atoms with E-state index in [-0.39, 0.29) is 13.2 Å². The fourth-order valence-corrected chi connectivity index (χ4v) is 1.21. The summed E-state index contributed by atoms with van der Waals surface area (Å²) in [5, 5.41) is 13.3. The lowest BCUT2D eigenvalue weighted by molar-refractivity contribution is 0.0117. The van der Waals surface area contributed by atoms with Crippen LogP contribution in [0.15, 0.2) is 35.5 Å². The molecule has 0 aliphatic heterocycles. The molecule has 18 heavy (non-hydrogen) atoms. The zero-order chi connectivity index (χ0) is 13.2. The Bertz CT molecular complexity index is 353. The molecule has 0 heterocycles. The Labute approximate surface area is 107 Å². The minimum Gasteiger partial charge on any atom is -0.491 e. The van der Waals surface area contributed by atoms with Crippen molar-refractivity contribution in [1.29, 1.82) is 0 Å². The molecule has 0 aliphatic carbocycles. The maximum Gasteiger partial charge on any atom is 0.222 e. The van der Waals surface area contributed by atoms with Crippen molar-refractivity contribution >= 4 is 5.90 Å². The Morgan fingerprint density at radius 3 is 2.67 bits per heavy atom. The number of ether oxygens (including phenoxy) is 2. The molecule has 5 heteroatoms. The average Bonchev–Trinajstić information content (AvgIpc) is 2.38. The minimum absolute atomic E-state index is 0.0667. The lowest BCUT2D eigenvalue weighted by atomic mass is 10.3. The summed E-state index contributed by atoms with van der Waals surface area (Å²) in [7, 11) is 0. The molecule has 0 aliphatic rings. The summed E-state index contributed by atoms with van der Waals surface area (Å²) in [6, 6.07) is 9.29. The average molecular weight is 253 g/mol. The highest BCUT2D eigenvalue weighted by Gasteiger charge is 2.05. The number of hydrogen-bond donors (Lipinski definition) is 1. The van der Waals surface area contributed by atoms with Crippen LogP contribution in [-0.4, -0.2) is 36.9 Å². The molecule has 0 aromatic heterocycles. The molecule has 1 N–H and O–H groups in total. The number of aliphatic hydroxyl groups excluding tert-OH is 1. The molecular formula is C13H19NO4. The highest BCUT2D eigenvalue weighted by molar-refractivity contribution is 5.72. The number of benzene rings is 1. The van der Waals surface area contributed by atoms with E-state index in [1.165, 1.54) is 0 Å². The second kappa shape index (κ2) is 8.36. The lowest BCUT2D eigenvalue weighted by Gasteiger charge is -2.11. The van der Waals surface area contributed by atoms with Crippen molar-refractivity contribution in [1.82, 2.24) is 0 Å². The number of para-hydroxylation sites is 1. The Morgan fingerprint density at radius 1 is 1.28 bits per heavy atom. The first-order valence-corrected chi connectivity index (χ1v) is 5.87. The van der Waals surface area contributed by atoms with Gasteiger partial charge in [-0.3, -0.25) is 0 Å². The van der Waals surface area contributed by atoms with Gasteiger partial charge < -0.3 is 19.4 Å². The molecule has 1 rings (SSSR count). The zero-order valence-electron chi connectivity index (χ0n) is 10.7. The predicted octanol–water partition coefficient (Wildman–Crippen LogP) is 1.81. The van der Waals surface area contributed by atoms with Crippen LogP contribution in [0.4, 0.5) is 0 Å². The number of rotatable bonds is 7. The van der Waals surface area contributed by atoms with E-state index in [0.717, 1.165) is 0 Å². The molecule has 0 spiro atoms. The number of oxime groups is 1. The van der Waals surface area contributed by atoms with Gasteiger partial charge in [0, 0.05) is 6.92 Å². The summed E-state index contributed by atoms with van der Waals surface area (Å²) in [5.41, 5.74) is 0. The van der Waals surface area contributed by atoms with Gasteiger partial charge in [0.1, 0.15) is 25.1 Å². The van der Waals surface area contributed by atoms with Crippen molar-refractivity contribution in [3.63, 3.8) is 0 Å². The SMILES string of the molecule is CCO/C(C)=N/OCC(O)COc1ccccc1. The van der Waals surface area contributed by atoms with Crippen LogP contribution in [0.3, 0.4) is 0 Å². The van der Waals surface area contributed by atoms with Crippen LogP contribution >= 0.6 is 0 Å². The van der Waals surface area contributed by atoms with E-state index in [4.69, 9.17) is 14.3 Å². The second-order valence-electron chi connectivity index (χ2n) is 3.62. The van der Waals surface area contributed by atoms with E-state index in [9.17, 15) is 5.11 Å². The van der Waals surface area contributed by atoms with Gasteiger partial charge in [-0.2, -0.15) is 0 Å². The topological polar surface area (TPSA) is 60.3 Å². The van der Waals surface area contributed by atoms with Gasteiger partial charge >= 0.3 is 0 Å². The van der Waals surface area contributed by atoms with Gasteiger partial charge in [0.05, 0.1) is 6.61 Å². The Hall–Kier alpha value is -1.75. The molecule has 100 valence electrons. The number of nitrogens with zero attached hydrogens (tertiary/aromatic N) is 1. The molecule has 1 unspecified atom stereocenters. The third-order valence-corrected chi connectivity index (χ3v) is 2.00. The van der Waals surface area contributed by atoms with Crippen LogP contribution in [0.25, 0.3) is 0 Å². The fraction of sp³-hybridized carbons (Fsp3) is 0.462. The van der Waals surface area contributed by atoms with E-state index in [0.29, 0.717) is 18.3 Å². The first kappa shape index (κ1) is 14.3. The van der Waals surface area contributed by atoms with E-state index < -0.39 is 6.10 Å². The van der Waals surface area contributed by atoms with E-state index in [2.05, 4.69) is 5.16 Å². The van der Waals surface area contributed by atoms with Crippen molar-refractivity contribution in [2.24, 2.45) is 5.16 Å². The monoisotopic (exact) mass is 253 g/mol. The minimum atomic E-state index is -0.733. The third kappa shape index (κ3) is 6.10. The first-order chi connectivity index (χ1) is 8.72. The normalized spacial score (nSPS) is 12.9. The molecule has 5 nitrogen and oxygen atoms in total. The molecule has 0 saturated carbocycles. The van der Waals surface area contributed by atoms with Crippen LogP contribution in [0.5, 0.6) is 5.75 Å². The molecule has 1 atom stereocenters. The molecule has 1 aromatic rings. The van der Waals surface area contributed by atoms with Crippen LogP contribution in [0.2, 0.25) is 0 Å². The molecule has 0 radical (unpaired) electrons. The molecule has 1 aromatic carbocycles. The van der Waals surface area contributed by atoms with Gasteiger partial charge in [0.2, 0.25) is 5.90 Å². The quantitative estimate of drug-likeness (QED) is 0.457. The summed E-state index contributed by atoms with van der Waals surface area (Å²) in [6.45, 7) is 4.32. The standard InChI is InChI=1S/C13H19NO4/c1-3-16-11(2)14-18-10-12(15)9-17-13-7-5-4-6-8-13/h4-8,12,15H,3,9-10H2,1-2H3/b14-11+. The van der Waals surface area contributed by atoms with Gasteiger partial charge in [-0.25, -0.2) is 0 Å². The summed E-state index contributed by atoms with van der Waals surface area (Å²) in [5.74, 6) is 1.15. The molecule has 0 amide bonds. The molecule has 0 saturated heterocycles. The van der Waals surface area contributed by atoms with Crippen LogP contribution in [-0.2, 0) is 9.57 Å². The van der Waals surface area contributed by atoms with Gasteiger partial charge in [0.25, 0.3) is 0 Å². The third-order valence-electron chi connectivity index (χ3n) is 2.00. The lowest BCUT2D eigenvalue weighted by Crippen LogP contribution is -2.22. The summed E-state index contributed by atoms with van der Waals surface area (Å²) >= 11 is 0. The molecule has 0 bridgehead atoms. The zero-order valence-corrected chi connectivity index (χ0v) is 10.7. The van der Waals surface area contributed by atoms with Crippen molar-refractivity contribution in [2.75, 3.05) is 19.8 Å². The highest BCUT2D eigenvalue weighted by atomic mass is 16.7. The smallest absolute Gasteiger partial charge is 0.222 e. The Morgan fingerprint density at radius 2 is 2.00 bits per heavy atom. The van der Waals surface area contributed by atoms with Crippen molar-refractivity contribution in [3.05, 3.63) is 30.3 Å². The Balaban J connectivity index is 2.18. The van der Waals surface area contributed by atoms with Crippen molar-refractivity contribution in [3.8, 4) is 5.75 Å². The van der Waals surface area contributed by atoms with E-state index in [1.54, 1.807) is 6.92 Å². The molecular weight excluding hydrogens is 234 g/mol.